The zero-order valence-electron chi connectivity index (χ0n) is 16.6. The number of nitrogens with zero attached hydrogens (tertiary/aromatic N) is 1. The summed E-state index contributed by atoms with van der Waals surface area (Å²) < 4.78 is 4.98. The molecule has 0 aliphatic carbocycles. The number of ketones is 1. The van der Waals surface area contributed by atoms with Crippen molar-refractivity contribution in [2.45, 2.75) is 26.2 Å². The number of ether oxygens (including phenoxy) is 1. The fourth-order valence-electron chi connectivity index (χ4n) is 3.27. The van der Waals surface area contributed by atoms with Gasteiger partial charge < -0.3 is 15.8 Å². The summed E-state index contributed by atoms with van der Waals surface area (Å²) >= 11 is 14.0. The van der Waals surface area contributed by atoms with Gasteiger partial charge in [-0.2, -0.15) is 0 Å². The maximum atomic E-state index is 13.2. The van der Waals surface area contributed by atoms with Gasteiger partial charge in [0.15, 0.2) is 11.0 Å². The summed E-state index contributed by atoms with van der Waals surface area (Å²) in [4.78, 5) is 29.9. The Labute approximate surface area is 184 Å². The number of methoxy groups -OCH3 is 1. The standard InChI is InChI=1S/C20H23Cl2N3O3S/c1-10-15(14(26)8-9-24-20(23)29-4)17(12-6-5-7-13(21)18(12)22)16(11(2)25-10)19(27)28-3/h5-7,17,25H,8-9H2,1-4H3,(H2,23,24). The summed E-state index contributed by atoms with van der Waals surface area (Å²) in [7, 11) is 1.30. The average Bonchev–Trinajstić information content (AvgIpc) is 2.68. The van der Waals surface area contributed by atoms with Crippen LogP contribution < -0.4 is 11.1 Å². The Balaban J connectivity index is 2.57. The first kappa shape index (κ1) is 23.3. The molecule has 1 atom stereocenters. The topological polar surface area (TPSA) is 93.8 Å². The Hall–Kier alpha value is -1.96. The number of hydrogen-bond donors (Lipinski definition) is 2. The Morgan fingerprint density at radius 2 is 1.90 bits per heavy atom. The van der Waals surface area contributed by atoms with Crippen molar-refractivity contribution in [2.24, 2.45) is 10.7 Å². The van der Waals surface area contributed by atoms with Gasteiger partial charge in [0.1, 0.15) is 0 Å². The summed E-state index contributed by atoms with van der Waals surface area (Å²) in [5.74, 6) is -1.41. The largest absolute Gasteiger partial charge is 0.466 e. The van der Waals surface area contributed by atoms with Crippen LogP contribution >= 0.6 is 35.0 Å². The van der Waals surface area contributed by atoms with Gasteiger partial charge in [0.25, 0.3) is 0 Å². The molecule has 1 aliphatic heterocycles. The van der Waals surface area contributed by atoms with Crippen molar-refractivity contribution < 1.29 is 14.3 Å². The number of benzene rings is 1. The molecule has 1 heterocycles. The van der Waals surface area contributed by atoms with Crippen LogP contribution in [0.3, 0.4) is 0 Å². The fraction of sp³-hybridized carbons (Fsp3) is 0.350. The van der Waals surface area contributed by atoms with Crippen molar-refractivity contribution in [1.82, 2.24) is 5.32 Å². The van der Waals surface area contributed by atoms with Crippen LogP contribution in [0.5, 0.6) is 0 Å². The highest BCUT2D eigenvalue weighted by molar-refractivity contribution is 8.13. The second kappa shape index (κ2) is 10.2. The smallest absolute Gasteiger partial charge is 0.336 e. The highest BCUT2D eigenvalue weighted by Crippen LogP contribution is 2.43. The van der Waals surface area contributed by atoms with Crippen molar-refractivity contribution in [2.75, 3.05) is 19.9 Å². The van der Waals surface area contributed by atoms with E-state index in [1.807, 2.05) is 6.26 Å². The van der Waals surface area contributed by atoms with Crippen LogP contribution in [0.2, 0.25) is 10.0 Å². The van der Waals surface area contributed by atoms with E-state index in [0.717, 1.165) is 0 Å². The molecule has 0 saturated heterocycles. The highest BCUT2D eigenvalue weighted by atomic mass is 35.5. The molecule has 156 valence electrons. The number of esters is 1. The molecule has 0 radical (unpaired) electrons. The molecule has 0 aromatic heterocycles. The Morgan fingerprint density at radius 1 is 1.24 bits per heavy atom. The lowest BCUT2D eigenvalue weighted by atomic mass is 9.78. The van der Waals surface area contributed by atoms with E-state index < -0.39 is 11.9 Å². The van der Waals surface area contributed by atoms with Gasteiger partial charge in [0, 0.05) is 35.9 Å². The maximum absolute atomic E-state index is 13.2. The molecule has 2 rings (SSSR count). The van der Waals surface area contributed by atoms with Gasteiger partial charge in [-0.25, -0.2) is 4.79 Å². The first-order valence-electron chi connectivity index (χ1n) is 8.80. The summed E-state index contributed by atoms with van der Waals surface area (Å²) in [5.41, 5.74) is 8.24. The van der Waals surface area contributed by atoms with E-state index in [-0.39, 0.29) is 23.8 Å². The van der Waals surface area contributed by atoms with Crippen LogP contribution in [0.1, 0.15) is 31.7 Å². The van der Waals surface area contributed by atoms with Crippen molar-refractivity contribution in [3.63, 3.8) is 0 Å². The number of hydrogen-bond acceptors (Lipinski definition) is 6. The van der Waals surface area contributed by atoms with E-state index in [4.69, 9.17) is 33.7 Å². The fourth-order valence-corrected chi connectivity index (χ4v) is 3.90. The second-order valence-corrected chi connectivity index (χ2v) is 7.98. The predicted octanol–water partition coefficient (Wildman–Crippen LogP) is 4.04. The first-order chi connectivity index (χ1) is 13.7. The number of rotatable bonds is 6. The first-order valence-corrected chi connectivity index (χ1v) is 10.8. The number of allylic oxidation sites excluding steroid dienone is 3. The minimum absolute atomic E-state index is 0.137. The van der Waals surface area contributed by atoms with E-state index in [9.17, 15) is 9.59 Å². The van der Waals surface area contributed by atoms with Crippen LogP contribution in [-0.4, -0.2) is 36.8 Å². The molecule has 1 unspecified atom stereocenters. The summed E-state index contributed by atoms with van der Waals surface area (Å²) in [5, 5.41) is 4.15. The quantitative estimate of drug-likeness (QED) is 0.381. The third kappa shape index (κ3) is 5.15. The number of aliphatic imine (C=N–C) groups is 1. The van der Waals surface area contributed by atoms with Gasteiger partial charge >= 0.3 is 5.97 Å². The van der Waals surface area contributed by atoms with Crippen LogP contribution in [0.25, 0.3) is 0 Å². The van der Waals surface area contributed by atoms with Crippen LogP contribution in [0.15, 0.2) is 45.7 Å². The number of amidine groups is 1. The molecule has 0 spiro atoms. The lowest BCUT2D eigenvalue weighted by molar-refractivity contribution is -0.136. The van der Waals surface area contributed by atoms with Gasteiger partial charge in [0.05, 0.1) is 22.7 Å². The monoisotopic (exact) mass is 455 g/mol. The van der Waals surface area contributed by atoms with Crippen molar-refractivity contribution in [1.29, 1.82) is 0 Å². The van der Waals surface area contributed by atoms with Crippen LogP contribution in [-0.2, 0) is 14.3 Å². The van der Waals surface area contributed by atoms with E-state index in [2.05, 4.69) is 10.3 Å². The van der Waals surface area contributed by atoms with E-state index in [1.165, 1.54) is 18.9 Å². The summed E-state index contributed by atoms with van der Waals surface area (Å²) in [6.45, 7) is 3.79. The molecule has 1 aromatic rings. The molecular formula is C20H23Cl2N3O3S. The molecule has 3 N–H and O–H groups in total. The third-order valence-electron chi connectivity index (χ3n) is 4.57. The van der Waals surface area contributed by atoms with E-state index in [0.29, 0.717) is 38.3 Å². The van der Waals surface area contributed by atoms with Gasteiger partial charge in [-0.1, -0.05) is 47.1 Å². The number of thioether (sulfide) groups is 1. The normalized spacial score (nSPS) is 17.3. The van der Waals surface area contributed by atoms with Crippen molar-refractivity contribution >= 4 is 51.9 Å². The molecule has 1 aromatic carbocycles. The number of nitrogens with one attached hydrogen (secondary N) is 1. The minimum atomic E-state index is -0.704. The van der Waals surface area contributed by atoms with Gasteiger partial charge in [0.2, 0.25) is 0 Å². The number of carbonyl (C=O) groups excluding carboxylic acids is 2. The molecule has 9 heteroatoms. The number of halogens is 2. The van der Waals surface area contributed by atoms with Gasteiger partial charge in [-0.05, 0) is 31.7 Å². The number of Topliss-reactive ketones (excluding diaryl/α,β-unsaturated/α-hetero) is 1. The molecule has 0 bridgehead atoms. The average molecular weight is 456 g/mol. The third-order valence-corrected chi connectivity index (χ3v) is 5.96. The predicted molar refractivity (Wildman–Crippen MR) is 119 cm³/mol. The van der Waals surface area contributed by atoms with Crippen molar-refractivity contribution in [3.05, 3.63) is 56.3 Å². The maximum Gasteiger partial charge on any atom is 0.336 e. The van der Waals surface area contributed by atoms with E-state index in [1.54, 1.807) is 32.0 Å². The highest BCUT2D eigenvalue weighted by Gasteiger charge is 2.37. The number of dihydropyridines is 1. The molecule has 0 amide bonds. The van der Waals surface area contributed by atoms with Gasteiger partial charge in [-0.3, -0.25) is 9.79 Å². The molecule has 0 fully saturated rings. The number of nitrogens with two attached hydrogens (primary N) is 1. The van der Waals surface area contributed by atoms with Crippen molar-refractivity contribution in [3.8, 4) is 0 Å². The van der Waals surface area contributed by atoms with E-state index >= 15 is 0 Å². The van der Waals surface area contributed by atoms with Crippen LogP contribution in [0, 0.1) is 0 Å². The van der Waals surface area contributed by atoms with Crippen LogP contribution in [0.4, 0.5) is 0 Å². The zero-order chi connectivity index (χ0) is 21.7. The lowest BCUT2D eigenvalue weighted by Gasteiger charge is -2.31. The second-order valence-electron chi connectivity index (χ2n) is 6.37. The molecule has 1 aliphatic rings. The number of carbonyl (C=O) groups is 2. The molecule has 0 saturated carbocycles. The SMILES string of the molecule is COC(=O)C1=C(C)NC(C)=C(C(=O)CCN=C(N)SC)C1c1cccc(Cl)c1Cl. The summed E-state index contributed by atoms with van der Waals surface area (Å²) in [6.07, 6.45) is 1.95. The Morgan fingerprint density at radius 3 is 2.52 bits per heavy atom. The summed E-state index contributed by atoms with van der Waals surface area (Å²) in [6, 6.07) is 5.14. The molecule has 6 nitrogen and oxygen atoms in total. The van der Waals surface area contributed by atoms with Gasteiger partial charge in [-0.15, -0.1) is 0 Å². The molecular weight excluding hydrogens is 433 g/mol. The Kier molecular flexibility index (Phi) is 8.19. The molecule has 29 heavy (non-hydrogen) atoms. The Bertz CT molecular complexity index is 926. The zero-order valence-corrected chi connectivity index (χ0v) is 19.0. The lowest BCUT2D eigenvalue weighted by Crippen LogP contribution is -2.32. The minimum Gasteiger partial charge on any atom is -0.466 e.